The van der Waals surface area contributed by atoms with Gasteiger partial charge in [0.25, 0.3) is 0 Å². The Morgan fingerprint density at radius 3 is 3.00 bits per heavy atom. The Kier molecular flexibility index (Phi) is 4.24. The standard InChI is InChI=1S/C13H17ClN2S/c1-10-5-2-3-8-16(10)13(17)15-12-7-4-6-11(14)9-12/h4,6-7,9-10H,2-3,5,8H2,1H3,(H,15,17). The van der Waals surface area contributed by atoms with E-state index >= 15 is 0 Å². The lowest BCUT2D eigenvalue weighted by atomic mass is 10.0. The summed E-state index contributed by atoms with van der Waals surface area (Å²) in [5, 5.41) is 4.79. The van der Waals surface area contributed by atoms with Crippen molar-refractivity contribution in [3.63, 3.8) is 0 Å². The Balaban J connectivity index is 2.01. The van der Waals surface area contributed by atoms with Crippen LogP contribution in [0.3, 0.4) is 0 Å². The Labute approximate surface area is 113 Å². The van der Waals surface area contributed by atoms with Crippen molar-refractivity contribution in [2.24, 2.45) is 0 Å². The number of benzene rings is 1. The Bertz CT molecular complexity index is 408. The lowest BCUT2D eigenvalue weighted by Gasteiger charge is -2.35. The average Bonchev–Trinajstić information content (AvgIpc) is 2.29. The normalized spacial score (nSPS) is 20.1. The van der Waals surface area contributed by atoms with Gasteiger partial charge in [-0.05, 0) is 56.6 Å². The van der Waals surface area contributed by atoms with Gasteiger partial charge in [0.05, 0.1) is 0 Å². The SMILES string of the molecule is CC1CCCCN1C(=S)Nc1cccc(Cl)c1. The summed E-state index contributed by atoms with van der Waals surface area (Å²) in [7, 11) is 0. The summed E-state index contributed by atoms with van der Waals surface area (Å²) in [5.74, 6) is 0. The second-order valence-corrected chi connectivity index (χ2v) is 5.30. The molecule has 0 saturated carbocycles. The van der Waals surface area contributed by atoms with Crippen molar-refractivity contribution < 1.29 is 0 Å². The first-order valence-corrected chi connectivity index (χ1v) is 6.78. The van der Waals surface area contributed by atoms with E-state index in [9.17, 15) is 0 Å². The van der Waals surface area contributed by atoms with E-state index in [1.54, 1.807) is 0 Å². The van der Waals surface area contributed by atoms with Gasteiger partial charge in [-0.2, -0.15) is 0 Å². The molecule has 1 aliphatic rings. The lowest BCUT2D eigenvalue weighted by molar-refractivity contribution is 0.262. The van der Waals surface area contributed by atoms with Crippen LogP contribution in [0, 0.1) is 0 Å². The number of nitrogens with one attached hydrogen (secondary N) is 1. The number of nitrogens with zero attached hydrogens (tertiary/aromatic N) is 1. The molecule has 1 saturated heterocycles. The van der Waals surface area contributed by atoms with Gasteiger partial charge in [0.1, 0.15) is 0 Å². The molecule has 1 atom stereocenters. The highest BCUT2D eigenvalue weighted by Gasteiger charge is 2.20. The van der Waals surface area contributed by atoms with Gasteiger partial charge in [-0.15, -0.1) is 0 Å². The van der Waals surface area contributed by atoms with Crippen LogP contribution in [0.2, 0.25) is 5.02 Å². The molecule has 92 valence electrons. The van der Waals surface area contributed by atoms with E-state index in [0.29, 0.717) is 6.04 Å². The minimum absolute atomic E-state index is 0.530. The topological polar surface area (TPSA) is 15.3 Å². The molecule has 4 heteroatoms. The second kappa shape index (κ2) is 5.69. The van der Waals surface area contributed by atoms with Crippen molar-refractivity contribution in [3.8, 4) is 0 Å². The number of rotatable bonds is 1. The highest BCUT2D eigenvalue weighted by atomic mass is 35.5. The zero-order valence-corrected chi connectivity index (χ0v) is 11.5. The molecule has 1 N–H and O–H groups in total. The van der Waals surface area contributed by atoms with Crippen LogP contribution in [0.1, 0.15) is 26.2 Å². The van der Waals surface area contributed by atoms with Crippen LogP contribution in [-0.4, -0.2) is 22.6 Å². The predicted octanol–water partition coefficient (Wildman–Crippen LogP) is 3.91. The summed E-state index contributed by atoms with van der Waals surface area (Å²) in [6.07, 6.45) is 3.75. The fourth-order valence-electron chi connectivity index (χ4n) is 2.16. The summed E-state index contributed by atoms with van der Waals surface area (Å²) >= 11 is 11.4. The predicted molar refractivity (Wildman–Crippen MR) is 77.7 cm³/mol. The largest absolute Gasteiger partial charge is 0.346 e. The molecule has 1 heterocycles. The molecule has 2 nitrogen and oxygen atoms in total. The molecule has 0 bridgehead atoms. The van der Waals surface area contributed by atoms with Crippen LogP contribution in [0.5, 0.6) is 0 Å². The van der Waals surface area contributed by atoms with Crippen LogP contribution in [0.25, 0.3) is 0 Å². The maximum absolute atomic E-state index is 5.95. The lowest BCUT2D eigenvalue weighted by Crippen LogP contribution is -2.44. The van der Waals surface area contributed by atoms with Crippen molar-refractivity contribution in [1.82, 2.24) is 4.90 Å². The molecule has 17 heavy (non-hydrogen) atoms. The molecule has 0 aromatic heterocycles. The summed E-state index contributed by atoms with van der Waals surface area (Å²) in [6, 6.07) is 8.18. The van der Waals surface area contributed by atoms with E-state index in [4.69, 9.17) is 23.8 Å². The maximum Gasteiger partial charge on any atom is 0.173 e. The Morgan fingerprint density at radius 2 is 2.29 bits per heavy atom. The number of hydrogen-bond acceptors (Lipinski definition) is 1. The first-order valence-electron chi connectivity index (χ1n) is 6.00. The van der Waals surface area contributed by atoms with Gasteiger partial charge in [-0.3, -0.25) is 0 Å². The average molecular weight is 269 g/mol. The van der Waals surface area contributed by atoms with Gasteiger partial charge in [-0.1, -0.05) is 17.7 Å². The molecule has 1 aromatic carbocycles. The highest BCUT2D eigenvalue weighted by Crippen LogP contribution is 2.19. The van der Waals surface area contributed by atoms with Crippen molar-refractivity contribution in [3.05, 3.63) is 29.3 Å². The van der Waals surface area contributed by atoms with Gasteiger partial charge < -0.3 is 10.2 Å². The second-order valence-electron chi connectivity index (χ2n) is 4.48. The molecule has 1 unspecified atom stereocenters. The summed E-state index contributed by atoms with van der Waals surface area (Å²) in [5.41, 5.74) is 0.959. The number of halogens is 1. The molecular weight excluding hydrogens is 252 g/mol. The summed E-state index contributed by atoms with van der Waals surface area (Å²) in [6.45, 7) is 3.28. The van der Waals surface area contributed by atoms with Gasteiger partial charge >= 0.3 is 0 Å². The molecular formula is C13H17ClN2S. The van der Waals surface area contributed by atoms with Crippen molar-refractivity contribution >= 4 is 34.6 Å². The molecule has 0 radical (unpaired) electrons. The van der Waals surface area contributed by atoms with Gasteiger partial charge in [0.15, 0.2) is 5.11 Å². The van der Waals surface area contributed by atoms with Crippen LogP contribution >= 0.6 is 23.8 Å². The van der Waals surface area contributed by atoms with Gasteiger partial charge in [-0.25, -0.2) is 0 Å². The molecule has 1 fully saturated rings. The van der Waals surface area contributed by atoms with Crippen LogP contribution in [-0.2, 0) is 0 Å². The van der Waals surface area contributed by atoms with Crippen molar-refractivity contribution in [2.45, 2.75) is 32.2 Å². The van der Waals surface area contributed by atoms with Crippen LogP contribution < -0.4 is 5.32 Å². The van der Waals surface area contributed by atoms with E-state index in [-0.39, 0.29) is 0 Å². The minimum atomic E-state index is 0.530. The highest BCUT2D eigenvalue weighted by molar-refractivity contribution is 7.80. The number of hydrogen-bond donors (Lipinski definition) is 1. The summed E-state index contributed by atoms with van der Waals surface area (Å²) in [4.78, 5) is 2.26. The monoisotopic (exact) mass is 268 g/mol. The first kappa shape index (κ1) is 12.7. The van der Waals surface area contributed by atoms with Crippen molar-refractivity contribution in [2.75, 3.05) is 11.9 Å². The first-order chi connectivity index (χ1) is 8.16. The zero-order valence-electron chi connectivity index (χ0n) is 9.95. The third-order valence-electron chi connectivity index (χ3n) is 3.14. The number of likely N-dealkylation sites (tertiary alicyclic amines) is 1. The fraction of sp³-hybridized carbons (Fsp3) is 0.462. The van der Waals surface area contributed by atoms with Gasteiger partial charge in [0.2, 0.25) is 0 Å². The maximum atomic E-state index is 5.95. The number of thiocarbonyl (C=S) groups is 1. The van der Waals surface area contributed by atoms with E-state index in [2.05, 4.69) is 17.1 Å². The fourth-order valence-corrected chi connectivity index (χ4v) is 2.74. The zero-order chi connectivity index (χ0) is 12.3. The number of piperidine rings is 1. The Hall–Kier alpha value is -0.800. The van der Waals surface area contributed by atoms with Crippen LogP contribution in [0.15, 0.2) is 24.3 Å². The molecule has 1 aromatic rings. The van der Waals surface area contributed by atoms with E-state index < -0.39 is 0 Å². The molecule has 0 spiro atoms. The summed E-state index contributed by atoms with van der Waals surface area (Å²) < 4.78 is 0. The van der Waals surface area contributed by atoms with Crippen molar-refractivity contribution in [1.29, 1.82) is 0 Å². The minimum Gasteiger partial charge on any atom is -0.346 e. The van der Waals surface area contributed by atoms with Crippen LogP contribution in [0.4, 0.5) is 5.69 Å². The third kappa shape index (κ3) is 3.33. The van der Waals surface area contributed by atoms with Gasteiger partial charge in [0, 0.05) is 23.3 Å². The van der Waals surface area contributed by atoms with E-state index in [0.717, 1.165) is 22.4 Å². The smallest absolute Gasteiger partial charge is 0.173 e. The molecule has 2 rings (SSSR count). The van der Waals surface area contributed by atoms with E-state index in [1.807, 2.05) is 24.3 Å². The number of anilines is 1. The molecule has 0 aliphatic carbocycles. The third-order valence-corrected chi connectivity index (χ3v) is 3.71. The Morgan fingerprint density at radius 1 is 1.47 bits per heavy atom. The molecule has 1 aliphatic heterocycles. The molecule has 0 amide bonds. The quantitative estimate of drug-likeness (QED) is 0.778. The van der Waals surface area contributed by atoms with E-state index in [1.165, 1.54) is 19.3 Å².